The Balaban J connectivity index is 1.79. The molecule has 33 nitrogen and oxygen atoms in total. The van der Waals surface area contributed by atoms with E-state index in [-0.39, 0.29) is 29.2 Å². The maximum Gasteiger partial charge on any atom is 0.326 e. The fourth-order valence-electron chi connectivity index (χ4n) is 6.40. The normalized spacial score (nSPS) is 15.7. The lowest BCUT2D eigenvalue weighted by molar-refractivity contribution is -0.146. The monoisotopic (exact) mass is 1040 g/mol. The van der Waals surface area contributed by atoms with E-state index in [1.54, 1.807) is 10.6 Å². The van der Waals surface area contributed by atoms with E-state index in [2.05, 4.69) is 30.6 Å². The summed E-state index contributed by atoms with van der Waals surface area (Å²) in [5, 5.41) is 124. The number of aliphatic hydroxyl groups is 8. The second-order valence-electron chi connectivity index (χ2n) is 15.7. The molecule has 400 valence electrons. The second kappa shape index (κ2) is 27.5. The van der Waals surface area contributed by atoms with Crippen LogP contribution in [0.4, 0.5) is 11.6 Å². The van der Waals surface area contributed by atoms with Crippen LogP contribution in [0.5, 0.6) is 0 Å². The van der Waals surface area contributed by atoms with Crippen molar-refractivity contribution in [3.05, 3.63) is 52.1 Å². The number of aromatic nitrogens is 4. The highest BCUT2D eigenvalue weighted by atomic mass is 16.4. The molecule has 0 aliphatic heterocycles. The van der Waals surface area contributed by atoms with E-state index < -0.39 is 165 Å². The Kier molecular flexibility index (Phi) is 22.3. The molecule has 0 spiro atoms. The molecule has 0 saturated carbocycles. The van der Waals surface area contributed by atoms with Crippen molar-refractivity contribution in [3.63, 3.8) is 0 Å². The topological polar surface area (TPSA) is 558 Å². The number of nitrogens with two attached hydrogens (primary N) is 1. The first kappa shape index (κ1) is 59.3. The molecule has 11 atom stereocenters. The van der Waals surface area contributed by atoms with Crippen LogP contribution in [-0.4, -0.2) is 217 Å². The highest BCUT2D eigenvalue weighted by molar-refractivity contribution is 5.99. The summed E-state index contributed by atoms with van der Waals surface area (Å²) < 4.78 is 0. The van der Waals surface area contributed by atoms with Crippen molar-refractivity contribution >= 4 is 76.2 Å². The summed E-state index contributed by atoms with van der Waals surface area (Å²) in [6, 6.07) is -5.76. The highest BCUT2D eigenvalue weighted by Gasteiger charge is 2.42. The van der Waals surface area contributed by atoms with Crippen LogP contribution in [0.3, 0.4) is 0 Å². The van der Waals surface area contributed by atoms with Crippen molar-refractivity contribution in [3.8, 4) is 0 Å². The van der Waals surface area contributed by atoms with E-state index in [0.29, 0.717) is 11.4 Å². The van der Waals surface area contributed by atoms with E-state index in [4.69, 9.17) is 5.73 Å². The molecule has 0 radical (unpaired) electrons. The Hall–Kier alpha value is -8.05. The maximum absolute atomic E-state index is 13.7. The number of likely N-dealkylation sites (N-methyl/N-ethyl adjacent to an activating group) is 1. The van der Waals surface area contributed by atoms with Crippen molar-refractivity contribution in [1.82, 2.24) is 51.8 Å². The smallest absolute Gasteiger partial charge is 0.326 e. The zero-order valence-corrected chi connectivity index (χ0v) is 38.1. The molecule has 0 aliphatic carbocycles. The van der Waals surface area contributed by atoms with Gasteiger partial charge in [-0.3, -0.25) is 48.1 Å². The third-order valence-corrected chi connectivity index (χ3v) is 10.4. The number of benzene rings is 1. The molecule has 33 heteroatoms. The van der Waals surface area contributed by atoms with Gasteiger partial charge in [-0.15, -0.1) is 0 Å². The minimum Gasteiger partial charge on any atom is -0.481 e. The van der Waals surface area contributed by atoms with E-state index in [0.717, 1.165) is 7.05 Å². The Morgan fingerprint density at radius 2 is 1.18 bits per heavy atom. The van der Waals surface area contributed by atoms with Gasteiger partial charge < -0.3 is 99.1 Å². The minimum absolute atomic E-state index is 0.0205. The molecular formula is C40H54N12O21. The first-order valence-electron chi connectivity index (χ1n) is 21.4. The van der Waals surface area contributed by atoms with E-state index in [1.807, 2.05) is 16.0 Å². The standard InChI is InChI=1S/C40H54N12O21/c1-42-34(67)18(8-23(58)59)47-37(70)26(31(65)29(63)21(56)13-54)50-35(68)19(9-24(60)61)48-36(69)25(30(64)28(62)20(55)12-53)49-22(57)7-6-17(39(72)73)46-33(66)14-2-4-15(5-3-14)43-10-16-11-44-32-27(45-16)38(71)52-40(41)51-32/h2-5,11,17-21,25-26,28-31,43,53-56,62-65H,6-10,12-13H2,1H3,(H,42,67)(H,46,66)(H,47,70)(H,48,69)(H,49,57)(H,50,68)(H,58,59)(H,60,61)(H,72,73)(H3,41,44,51,52,71)/t17-,18-,19-,20+,21+,25-,26-,28+,29+,30+,31+/m0/s1. The number of carbonyl (C=O) groups excluding carboxylic acids is 6. The number of rotatable bonds is 29. The minimum atomic E-state index is -2.65. The number of nitrogen functional groups attached to an aromatic ring is 1. The number of carboxylic acid groups (broad SMARTS) is 3. The van der Waals surface area contributed by atoms with Crippen molar-refractivity contribution in [1.29, 1.82) is 0 Å². The molecule has 21 N–H and O–H groups in total. The summed E-state index contributed by atoms with van der Waals surface area (Å²) in [4.78, 5) is 141. The molecule has 0 saturated heterocycles. The molecule has 0 bridgehead atoms. The number of carboxylic acids is 3. The molecule has 2 aromatic heterocycles. The van der Waals surface area contributed by atoms with Gasteiger partial charge in [0.05, 0.1) is 44.5 Å². The van der Waals surface area contributed by atoms with Crippen LogP contribution in [0.15, 0.2) is 35.3 Å². The zero-order valence-electron chi connectivity index (χ0n) is 38.1. The number of fused-ring (bicyclic) bond motifs is 1. The van der Waals surface area contributed by atoms with Gasteiger partial charge in [-0.05, 0) is 30.7 Å². The van der Waals surface area contributed by atoms with Crippen LogP contribution in [0, 0.1) is 0 Å². The lowest BCUT2D eigenvalue weighted by Crippen LogP contribution is -2.65. The summed E-state index contributed by atoms with van der Waals surface area (Å²) in [6.45, 7) is -2.45. The van der Waals surface area contributed by atoms with Crippen molar-refractivity contribution < 1.29 is 99.3 Å². The number of aliphatic hydroxyl groups excluding tert-OH is 8. The third-order valence-electron chi connectivity index (χ3n) is 10.4. The predicted octanol–water partition coefficient (Wildman–Crippen LogP) is -9.34. The SMILES string of the molecule is CNC(=O)[C@H](CC(=O)O)NC(=O)[C@@H](NC(=O)[C@H](CC(=O)O)NC(=O)[C@@H](NC(=O)CC[C@H](NC(=O)c1ccc(NCc2cnc3nc(N)[nH]c(=O)c3n2)cc1)C(=O)O)[C@@H](O)[C@H](O)[C@H](O)CO)[C@@H](O)[C@H](O)[C@H](O)CO. The van der Waals surface area contributed by atoms with Crippen LogP contribution < -0.4 is 48.5 Å². The average Bonchev–Trinajstić information content (AvgIpc) is 3.35. The third kappa shape index (κ3) is 17.3. The van der Waals surface area contributed by atoms with Gasteiger partial charge in [0.15, 0.2) is 11.2 Å². The number of hydrogen-bond acceptors (Lipinski definition) is 23. The second-order valence-corrected chi connectivity index (χ2v) is 15.7. The van der Waals surface area contributed by atoms with Crippen molar-refractivity contribution in [2.45, 2.75) is 99.1 Å². The molecule has 6 amide bonds. The van der Waals surface area contributed by atoms with Gasteiger partial charge in [0, 0.05) is 24.7 Å². The predicted molar refractivity (Wildman–Crippen MR) is 241 cm³/mol. The number of aromatic amines is 1. The number of H-pyrrole nitrogens is 1. The molecular weight excluding hydrogens is 985 g/mol. The van der Waals surface area contributed by atoms with Gasteiger partial charge in [0.1, 0.15) is 66.8 Å². The Labute approximate surface area is 409 Å². The first-order chi connectivity index (χ1) is 34.3. The van der Waals surface area contributed by atoms with Gasteiger partial charge in [-0.25, -0.2) is 14.8 Å². The van der Waals surface area contributed by atoms with Crippen LogP contribution in [-0.2, 0) is 44.9 Å². The molecule has 1 aromatic carbocycles. The quantitative estimate of drug-likeness (QED) is 0.0307. The van der Waals surface area contributed by atoms with Crippen LogP contribution in [0.25, 0.3) is 11.2 Å². The van der Waals surface area contributed by atoms with Crippen LogP contribution >= 0.6 is 0 Å². The zero-order chi connectivity index (χ0) is 54.9. The van der Waals surface area contributed by atoms with E-state index in [1.165, 1.54) is 30.5 Å². The van der Waals surface area contributed by atoms with Gasteiger partial charge in [0.2, 0.25) is 35.5 Å². The number of amides is 6. The van der Waals surface area contributed by atoms with Crippen molar-refractivity contribution in [2.75, 3.05) is 31.3 Å². The number of aliphatic carboxylic acids is 3. The van der Waals surface area contributed by atoms with Gasteiger partial charge in [0.25, 0.3) is 11.5 Å². The fraction of sp³-hybridized carbons (Fsp3) is 0.475. The molecule has 0 fully saturated rings. The maximum atomic E-state index is 13.7. The van der Waals surface area contributed by atoms with E-state index >= 15 is 0 Å². The molecule has 0 unspecified atom stereocenters. The van der Waals surface area contributed by atoms with E-state index in [9.17, 15) is 104 Å². The molecule has 0 aliphatic rings. The van der Waals surface area contributed by atoms with Gasteiger partial charge >= 0.3 is 17.9 Å². The molecule has 73 heavy (non-hydrogen) atoms. The Morgan fingerprint density at radius 1 is 0.658 bits per heavy atom. The average molecular weight is 1040 g/mol. The first-order valence-corrected chi connectivity index (χ1v) is 21.4. The summed E-state index contributed by atoms with van der Waals surface area (Å²) >= 11 is 0. The fourth-order valence-corrected chi connectivity index (χ4v) is 6.40. The lowest BCUT2D eigenvalue weighted by atomic mass is 9.98. The number of nitrogens with one attached hydrogen (secondary N) is 8. The number of hydrogen-bond donors (Lipinski definition) is 20. The lowest BCUT2D eigenvalue weighted by Gasteiger charge is -2.32. The largest absolute Gasteiger partial charge is 0.481 e. The number of carbonyl (C=O) groups is 9. The van der Waals surface area contributed by atoms with Crippen LogP contribution in [0.2, 0.25) is 0 Å². The Morgan fingerprint density at radius 3 is 1.67 bits per heavy atom. The van der Waals surface area contributed by atoms with Crippen LogP contribution in [0.1, 0.15) is 41.7 Å². The molecule has 2 heterocycles. The van der Waals surface area contributed by atoms with Gasteiger partial charge in [-0.2, -0.15) is 4.98 Å². The molecule has 3 rings (SSSR count). The summed E-state index contributed by atoms with van der Waals surface area (Å²) in [6.07, 6.45) is -17.5. The summed E-state index contributed by atoms with van der Waals surface area (Å²) in [7, 11) is 1.04. The Bertz CT molecular complexity index is 2530. The summed E-state index contributed by atoms with van der Waals surface area (Å²) in [5.74, 6) is -13.8. The highest BCUT2D eigenvalue weighted by Crippen LogP contribution is 2.14. The van der Waals surface area contributed by atoms with Crippen molar-refractivity contribution in [2.24, 2.45) is 0 Å². The number of nitrogens with zero attached hydrogens (tertiary/aromatic N) is 3. The summed E-state index contributed by atoms with van der Waals surface area (Å²) in [5.41, 5.74) is 5.56. The number of anilines is 2. The molecule has 3 aromatic rings. The van der Waals surface area contributed by atoms with Gasteiger partial charge in [-0.1, -0.05) is 0 Å².